The Balaban J connectivity index is 0.000000277. The molecule has 11 heteroatoms. The predicted molar refractivity (Wildman–Crippen MR) is 203 cm³/mol. The van der Waals surface area contributed by atoms with Gasteiger partial charge < -0.3 is 20.0 Å². The highest BCUT2D eigenvalue weighted by Gasteiger charge is 2.42. The minimum Gasteiger partial charge on any atom is -0.344 e. The van der Waals surface area contributed by atoms with Gasteiger partial charge in [-0.25, -0.2) is 0 Å². The molecule has 4 fully saturated rings. The predicted octanol–water partition coefficient (Wildman–Crippen LogP) is 3.80. The maximum atomic E-state index is 13.1. The van der Waals surface area contributed by atoms with Gasteiger partial charge in [-0.15, -0.1) is 0 Å². The molecule has 51 heavy (non-hydrogen) atoms. The van der Waals surface area contributed by atoms with E-state index in [-0.39, 0.29) is 58.4 Å². The molecule has 2 saturated carbocycles. The SMILES string of the molecule is CC(=O)N1CCN(CCN(C)C(=O)[C@@H]2CCCC[C@@H]2C(=O)C(C)(C)C)CC1.CN(CCN1CCNCC1)C(=O)[C@@H]1CCCC[C@@H]1C(=O)C(C)(C)C. The van der Waals surface area contributed by atoms with Gasteiger partial charge in [-0.3, -0.25) is 33.8 Å². The molecule has 2 saturated heterocycles. The zero-order chi connectivity index (χ0) is 37.9. The van der Waals surface area contributed by atoms with Crippen LogP contribution in [0.25, 0.3) is 0 Å². The van der Waals surface area contributed by atoms with E-state index in [0.717, 1.165) is 123 Å². The molecule has 0 unspecified atom stereocenters. The van der Waals surface area contributed by atoms with Crippen molar-refractivity contribution >= 4 is 29.3 Å². The van der Waals surface area contributed by atoms with E-state index in [0.29, 0.717) is 6.54 Å². The Morgan fingerprint density at radius 2 is 0.922 bits per heavy atom. The molecular weight excluding hydrogens is 644 g/mol. The lowest BCUT2D eigenvalue weighted by Crippen LogP contribution is -2.50. The van der Waals surface area contributed by atoms with Gasteiger partial charge in [-0.1, -0.05) is 67.2 Å². The van der Waals surface area contributed by atoms with Gasteiger partial charge >= 0.3 is 0 Å². The van der Waals surface area contributed by atoms with Crippen LogP contribution in [0, 0.1) is 34.5 Å². The van der Waals surface area contributed by atoms with Crippen molar-refractivity contribution in [1.29, 1.82) is 0 Å². The lowest BCUT2D eigenvalue weighted by Gasteiger charge is -2.37. The number of rotatable bonds is 10. The number of hydrogen-bond acceptors (Lipinski definition) is 8. The molecule has 2 heterocycles. The zero-order valence-corrected chi connectivity index (χ0v) is 33.7. The van der Waals surface area contributed by atoms with Gasteiger partial charge in [0.25, 0.3) is 0 Å². The van der Waals surface area contributed by atoms with E-state index in [4.69, 9.17) is 0 Å². The van der Waals surface area contributed by atoms with E-state index in [1.54, 1.807) is 6.92 Å². The van der Waals surface area contributed by atoms with Crippen molar-refractivity contribution in [3.05, 3.63) is 0 Å². The summed E-state index contributed by atoms with van der Waals surface area (Å²) >= 11 is 0. The number of hydrogen-bond donors (Lipinski definition) is 1. The Hall–Kier alpha value is -2.37. The normalized spacial score (nSPS) is 25.3. The topological polar surface area (TPSA) is 114 Å². The van der Waals surface area contributed by atoms with Gasteiger partial charge in [0.05, 0.1) is 0 Å². The van der Waals surface area contributed by atoms with E-state index in [1.807, 2.05) is 70.3 Å². The fourth-order valence-electron chi connectivity index (χ4n) is 8.18. The number of nitrogens with zero attached hydrogens (tertiary/aromatic N) is 5. The third-order valence-corrected chi connectivity index (χ3v) is 11.6. The van der Waals surface area contributed by atoms with E-state index >= 15 is 0 Å². The quantitative estimate of drug-likeness (QED) is 0.364. The molecule has 11 nitrogen and oxygen atoms in total. The van der Waals surface area contributed by atoms with E-state index < -0.39 is 5.41 Å². The average Bonchev–Trinajstić information content (AvgIpc) is 3.11. The lowest BCUT2D eigenvalue weighted by atomic mass is 9.70. The molecule has 0 aromatic heterocycles. The second-order valence-corrected chi connectivity index (χ2v) is 17.7. The maximum Gasteiger partial charge on any atom is 0.226 e. The summed E-state index contributed by atoms with van der Waals surface area (Å²) in [5, 5.41) is 3.35. The summed E-state index contributed by atoms with van der Waals surface area (Å²) in [4.78, 5) is 73.3. The first-order valence-electron chi connectivity index (χ1n) is 19.9. The van der Waals surface area contributed by atoms with Crippen molar-refractivity contribution in [3.8, 4) is 0 Å². The van der Waals surface area contributed by atoms with Gasteiger partial charge in [0, 0.05) is 134 Å². The summed E-state index contributed by atoms with van der Waals surface area (Å²) in [6, 6.07) is 0. The molecule has 0 spiro atoms. The summed E-state index contributed by atoms with van der Waals surface area (Å²) in [6.07, 6.45) is 7.62. The fraction of sp³-hybridized carbons (Fsp3) is 0.875. The van der Waals surface area contributed by atoms with Crippen LogP contribution in [0.15, 0.2) is 0 Å². The zero-order valence-electron chi connectivity index (χ0n) is 33.7. The highest BCUT2D eigenvalue weighted by atomic mass is 16.2. The van der Waals surface area contributed by atoms with Crippen LogP contribution in [0.5, 0.6) is 0 Å². The molecule has 2 aliphatic heterocycles. The summed E-state index contributed by atoms with van der Waals surface area (Å²) < 4.78 is 0. The molecule has 0 bridgehead atoms. The monoisotopic (exact) mass is 717 g/mol. The average molecular weight is 717 g/mol. The number of nitrogens with one attached hydrogen (secondary N) is 1. The van der Waals surface area contributed by atoms with Crippen LogP contribution in [0.4, 0.5) is 0 Å². The van der Waals surface area contributed by atoms with E-state index in [1.165, 1.54) is 0 Å². The van der Waals surface area contributed by atoms with Crippen molar-refractivity contribution in [2.24, 2.45) is 34.5 Å². The highest BCUT2D eigenvalue weighted by Crippen LogP contribution is 2.37. The van der Waals surface area contributed by atoms with Gasteiger partial charge in [0.1, 0.15) is 11.6 Å². The molecular formula is C40H72N6O5. The van der Waals surface area contributed by atoms with Crippen LogP contribution in [0.3, 0.4) is 0 Å². The van der Waals surface area contributed by atoms with Crippen molar-refractivity contribution in [1.82, 2.24) is 29.8 Å². The minimum atomic E-state index is -0.393. The van der Waals surface area contributed by atoms with Crippen molar-refractivity contribution < 1.29 is 24.0 Å². The van der Waals surface area contributed by atoms with Crippen LogP contribution in [0.2, 0.25) is 0 Å². The van der Waals surface area contributed by atoms with Crippen molar-refractivity contribution in [2.45, 2.75) is 99.8 Å². The van der Waals surface area contributed by atoms with Crippen molar-refractivity contribution in [3.63, 3.8) is 0 Å². The molecule has 4 atom stereocenters. The Labute approximate surface area is 309 Å². The number of carbonyl (C=O) groups excluding carboxylic acids is 5. The summed E-state index contributed by atoms with van der Waals surface area (Å²) in [5.41, 5.74) is -0.755. The third kappa shape index (κ3) is 12.9. The Bertz CT molecular complexity index is 1160. The van der Waals surface area contributed by atoms with Crippen LogP contribution in [0.1, 0.15) is 99.8 Å². The minimum absolute atomic E-state index is 0.0899. The standard InChI is InChI=1S/C21H37N3O3.C19H35N3O2/c1-16(25)24-14-12-23(13-15-24)11-10-22(5)20(27)18-9-7-6-8-17(18)19(26)21(2,3)4;1-19(2,3)17(23)15-7-5-6-8-16(15)18(24)21(4)13-14-22-11-9-20-10-12-22/h17-18H,6-15H2,1-5H3;15-16,20H,5-14H2,1-4H3/t17-,18+;15-,16+/m00/s1. The van der Waals surface area contributed by atoms with Crippen LogP contribution < -0.4 is 5.32 Å². The van der Waals surface area contributed by atoms with Crippen LogP contribution in [-0.2, 0) is 24.0 Å². The maximum absolute atomic E-state index is 13.1. The van der Waals surface area contributed by atoms with Gasteiger partial charge in [0.2, 0.25) is 17.7 Å². The van der Waals surface area contributed by atoms with Crippen LogP contribution in [-0.4, -0.2) is 146 Å². The molecule has 1 N–H and O–H groups in total. The number of carbonyl (C=O) groups is 5. The summed E-state index contributed by atoms with van der Waals surface area (Å²) in [6.45, 7) is 24.0. The van der Waals surface area contributed by atoms with E-state index in [9.17, 15) is 24.0 Å². The first kappa shape index (κ1) is 43.0. The molecule has 0 aromatic carbocycles. The molecule has 2 aliphatic carbocycles. The lowest BCUT2D eigenvalue weighted by molar-refractivity contribution is -0.145. The molecule has 4 aliphatic rings. The highest BCUT2D eigenvalue weighted by molar-refractivity contribution is 5.92. The number of ketones is 2. The number of likely N-dealkylation sites (N-methyl/N-ethyl adjacent to an activating group) is 2. The smallest absolute Gasteiger partial charge is 0.226 e. The first-order chi connectivity index (χ1) is 23.9. The van der Waals surface area contributed by atoms with Crippen molar-refractivity contribution in [2.75, 3.05) is 92.6 Å². The molecule has 292 valence electrons. The second-order valence-electron chi connectivity index (χ2n) is 17.7. The molecule has 3 amide bonds. The third-order valence-electron chi connectivity index (χ3n) is 11.6. The number of piperazine rings is 2. The summed E-state index contributed by atoms with van der Waals surface area (Å²) in [7, 11) is 3.76. The second kappa shape index (κ2) is 19.6. The largest absolute Gasteiger partial charge is 0.344 e. The summed E-state index contributed by atoms with van der Waals surface area (Å²) in [5.74, 6) is 0.426. The Morgan fingerprint density at radius 1 is 0.569 bits per heavy atom. The van der Waals surface area contributed by atoms with Gasteiger partial charge in [-0.05, 0) is 25.7 Å². The first-order valence-corrected chi connectivity index (χ1v) is 19.9. The van der Waals surface area contributed by atoms with Gasteiger partial charge in [0.15, 0.2) is 0 Å². The fourth-order valence-corrected chi connectivity index (χ4v) is 8.18. The van der Waals surface area contributed by atoms with Gasteiger partial charge in [-0.2, -0.15) is 0 Å². The Morgan fingerprint density at radius 3 is 1.27 bits per heavy atom. The Kier molecular flexibility index (Phi) is 16.6. The number of amides is 3. The molecule has 0 radical (unpaired) electrons. The molecule has 0 aromatic rings. The van der Waals surface area contributed by atoms with E-state index in [2.05, 4.69) is 15.1 Å². The van der Waals surface area contributed by atoms with Crippen LogP contribution >= 0.6 is 0 Å². The number of Topliss-reactive ketones (excluding diaryl/α,β-unsaturated/α-hetero) is 2. The molecule has 4 rings (SSSR count).